The Morgan fingerprint density at radius 3 is 2.47 bits per heavy atom. The third kappa shape index (κ3) is 3.40. The third-order valence-corrected chi connectivity index (χ3v) is 6.23. The number of phenols is 1. The molecule has 3 aromatic heterocycles. The second kappa shape index (κ2) is 8.09. The van der Waals surface area contributed by atoms with Gasteiger partial charge < -0.3 is 19.9 Å². The Labute approximate surface area is 192 Å². The van der Waals surface area contributed by atoms with Gasteiger partial charge in [-0.1, -0.05) is 6.07 Å². The fourth-order valence-corrected chi connectivity index (χ4v) is 4.88. The van der Waals surface area contributed by atoms with Crippen molar-refractivity contribution < 1.29 is 5.11 Å². The largest absolute Gasteiger partial charge is 0.508 e. The van der Waals surface area contributed by atoms with Crippen LogP contribution in [-0.4, -0.2) is 24.8 Å². The molecule has 160 valence electrons. The number of phenolic OH excluding ortho intramolecular Hbond substituents is 1. The van der Waals surface area contributed by atoms with E-state index in [0.29, 0.717) is 5.11 Å². The van der Waals surface area contributed by atoms with Gasteiger partial charge in [0.2, 0.25) is 0 Å². The van der Waals surface area contributed by atoms with Crippen LogP contribution in [-0.2, 0) is 0 Å². The van der Waals surface area contributed by atoms with E-state index in [0.717, 1.165) is 34.0 Å². The number of nitrogens with one attached hydrogen (secondary N) is 1. The molecule has 0 saturated carbocycles. The van der Waals surface area contributed by atoms with Crippen LogP contribution in [0, 0.1) is 13.8 Å². The van der Waals surface area contributed by atoms with E-state index in [1.807, 2.05) is 42.6 Å². The third-order valence-electron chi connectivity index (χ3n) is 5.92. The van der Waals surface area contributed by atoms with Crippen molar-refractivity contribution >= 4 is 23.0 Å². The summed E-state index contributed by atoms with van der Waals surface area (Å²) in [5.41, 5.74) is 6.25. The number of hydrogen-bond acceptors (Lipinski definition) is 4. The average molecular weight is 442 g/mol. The Morgan fingerprint density at radius 1 is 0.969 bits per heavy atom. The molecule has 0 unspecified atom stereocenters. The van der Waals surface area contributed by atoms with Crippen molar-refractivity contribution in [3.05, 3.63) is 102 Å². The van der Waals surface area contributed by atoms with Gasteiger partial charge in [0.15, 0.2) is 5.11 Å². The maximum atomic E-state index is 9.80. The number of nitrogens with zero attached hydrogens (tertiary/aromatic N) is 4. The summed E-state index contributed by atoms with van der Waals surface area (Å²) in [4.78, 5) is 11.0. The molecule has 0 radical (unpaired) electrons. The lowest BCUT2D eigenvalue weighted by molar-refractivity contribution is 0.475. The molecule has 0 aliphatic carbocycles. The van der Waals surface area contributed by atoms with Gasteiger partial charge in [-0.15, -0.1) is 0 Å². The average Bonchev–Trinajstić information content (AvgIpc) is 3.31. The minimum absolute atomic E-state index is 0.112. The lowest BCUT2D eigenvalue weighted by Crippen LogP contribution is -2.29. The molecule has 0 bridgehead atoms. The number of thiocarbonyl (C=S) groups is 1. The van der Waals surface area contributed by atoms with E-state index in [2.05, 4.69) is 50.7 Å². The van der Waals surface area contributed by atoms with Gasteiger partial charge in [0.05, 0.1) is 29.7 Å². The molecular formula is C25H23N5OS. The van der Waals surface area contributed by atoms with Gasteiger partial charge in [-0.3, -0.25) is 9.97 Å². The summed E-state index contributed by atoms with van der Waals surface area (Å²) in [5.74, 6) is 0.222. The molecule has 1 saturated heterocycles. The van der Waals surface area contributed by atoms with Gasteiger partial charge >= 0.3 is 0 Å². The highest BCUT2D eigenvalue weighted by atomic mass is 32.1. The topological polar surface area (TPSA) is 66.2 Å². The van der Waals surface area contributed by atoms with Crippen molar-refractivity contribution in [3.63, 3.8) is 0 Å². The van der Waals surface area contributed by atoms with Crippen molar-refractivity contribution in [2.45, 2.75) is 25.9 Å². The summed E-state index contributed by atoms with van der Waals surface area (Å²) in [6.07, 6.45) is 5.45. The molecule has 32 heavy (non-hydrogen) atoms. The zero-order chi connectivity index (χ0) is 22.2. The monoisotopic (exact) mass is 441 g/mol. The normalized spacial score (nSPS) is 18.1. The van der Waals surface area contributed by atoms with Crippen LogP contribution in [0.1, 0.15) is 34.7 Å². The van der Waals surface area contributed by atoms with Gasteiger partial charge in [0, 0.05) is 29.5 Å². The Bertz CT molecular complexity index is 1260. The second-order valence-corrected chi connectivity index (χ2v) is 8.27. The summed E-state index contributed by atoms with van der Waals surface area (Å²) in [5, 5.41) is 13.9. The number of rotatable bonds is 4. The van der Waals surface area contributed by atoms with Gasteiger partial charge in [-0.25, -0.2) is 0 Å². The molecule has 1 aliphatic rings. The van der Waals surface area contributed by atoms with E-state index in [1.54, 1.807) is 24.5 Å². The second-order valence-electron chi connectivity index (χ2n) is 7.89. The number of anilines is 1. The number of hydrogen-bond donors (Lipinski definition) is 2. The van der Waals surface area contributed by atoms with E-state index >= 15 is 0 Å². The molecule has 1 aromatic carbocycles. The van der Waals surface area contributed by atoms with Crippen LogP contribution in [0.25, 0.3) is 5.69 Å². The molecule has 1 aliphatic heterocycles. The lowest BCUT2D eigenvalue weighted by Gasteiger charge is -2.28. The number of aromatic nitrogens is 3. The van der Waals surface area contributed by atoms with Crippen molar-refractivity contribution in [1.29, 1.82) is 0 Å². The van der Waals surface area contributed by atoms with Crippen molar-refractivity contribution in [1.82, 2.24) is 19.9 Å². The summed E-state index contributed by atoms with van der Waals surface area (Å²) >= 11 is 5.79. The Morgan fingerprint density at radius 2 is 1.78 bits per heavy atom. The standard InChI is InChI=1S/C25H23N5OS/c1-16-14-21(17(2)29(16)19-6-5-12-26-15-19)24-23(22-7-3-4-13-27-22)28-25(32)30(24)18-8-10-20(31)11-9-18/h3-15,23-24,31H,1-2H3,(H,28,32)/t23-,24+/m1/s1. The molecule has 2 N–H and O–H groups in total. The quantitative estimate of drug-likeness (QED) is 0.445. The van der Waals surface area contributed by atoms with Crippen molar-refractivity contribution in [2.75, 3.05) is 4.90 Å². The predicted octanol–water partition coefficient (Wildman–Crippen LogP) is 4.77. The molecule has 7 heteroatoms. The molecule has 4 aromatic rings. The van der Waals surface area contributed by atoms with E-state index in [-0.39, 0.29) is 17.8 Å². The van der Waals surface area contributed by atoms with E-state index in [4.69, 9.17) is 12.2 Å². The molecule has 0 spiro atoms. The van der Waals surface area contributed by atoms with Gasteiger partial charge in [-0.2, -0.15) is 0 Å². The van der Waals surface area contributed by atoms with Crippen LogP contribution >= 0.6 is 12.2 Å². The van der Waals surface area contributed by atoms with Crippen LogP contribution in [0.4, 0.5) is 5.69 Å². The molecule has 4 heterocycles. The zero-order valence-electron chi connectivity index (χ0n) is 17.8. The minimum atomic E-state index is -0.125. The molecule has 1 fully saturated rings. The number of benzene rings is 1. The Kier molecular flexibility index (Phi) is 5.11. The van der Waals surface area contributed by atoms with Crippen LogP contribution in [0.3, 0.4) is 0 Å². The maximum Gasteiger partial charge on any atom is 0.174 e. The first-order valence-electron chi connectivity index (χ1n) is 10.4. The maximum absolute atomic E-state index is 9.80. The summed E-state index contributed by atoms with van der Waals surface area (Å²) < 4.78 is 2.22. The number of pyridine rings is 2. The van der Waals surface area contributed by atoms with Crippen LogP contribution in [0.2, 0.25) is 0 Å². The molecular weight excluding hydrogens is 418 g/mol. The highest BCUT2D eigenvalue weighted by molar-refractivity contribution is 7.80. The van der Waals surface area contributed by atoms with Gasteiger partial charge in [0.1, 0.15) is 5.75 Å². The molecule has 6 nitrogen and oxygen atoms in total. The first-order chi connectivity index (χ1) is 15.5. The summed E-state index contributed by atoms with van der Waals surface area (Å²) in [6, 6.07) is 19.0. The Balaban J connectivity index is 1.68. The molecule has 0 amide bonds. The zero-order valence-corrected chi connectivity index (χ0v) is 18.6. The van der Waals surface area contributed by atoms with Gasteiger partial charge in [-0.05, 0) is 86.2 Å². The summed E-state index contributed by atoms with van der Waals surface area (Å²) in [7, 11) is 0. The molecule has 2 atom stereocenters. The minimum Gasteiger partial charge on any atom is -0.508 e. The SMILES string of the molecule is Cc1cc([C@H]2[C@@H](c3ccccn3)NC(=S)N2c2ccc(O)cc2)c(C)n1-c1cccnc1. The fourth-order valence-electron chi connectivity index (χ4n) is 4.53. The molecule has 5 rings (SSSR count). The van der Waals surface area contributed by atoms with E-state index in [9.17, 15) is 5.11 Å². The van der Waals surface area contributed by atoms with Crippen molar-refractivity contribution in [2.24, 2.45) is 0 Å². The van der Waals surface area contributed by atoms with Gasteiger partial charge in [0.25, 0.3) is 0 Å². The smallest absolute Gasteiger partial charge is 0.174 e. The van der Waals surface area contributed by atoms with Crippen LogP contribution in [0.5, 0.6) is 5.75 Å². The van der Waals surface area contributed by atoms with Crippen LogP contribution < -0.4 is 10.2 Å². The highest BCUT2D eigenvalue weighted by Gasteiger charge is 2.42. The van der Waals surface area contributed by atoms with E-state index < -0.39 is 0 Å². The van der Waals surface area contributed by atoms with Crippen LogP contribution in [0.15, 0.2) is 79.3 Å². The first-order valence-corrected chi connectivity index (χ1v) is 10.8. The number of aromatic hydroxyl groups is 1. The van der Waals surface area contributed by atoms with E-state index in [1.165, 1.54) is 0 Å². The summed E-state index contributed by atoms with van der Waals surface area (Å²) in [6.45, 7) is 4.23. The number of aryl methyl sites for hydroxylation is 1. The van der Waals surface area contributed by atoms with Crippen molar-refractivity contribution in [3.8, 4) is 11.4 Å². The Hall–Kier alpha value is -3.71. The fraction of sp³-hybridized carbons (Fsp3) is 0.160. The highest BCUT2D eigenvalue weighted by Crippen LogP contribution is 2.43. The predicted molar refractivity (Wildman–Crippen MR) is 129 cm³/mol. The first kappa shape index (κ1) is 20.2. The lowest BCUT2D eigenvalue weighted by atomic mass is 9.96.